The van der Waals surface area contributed by atoms with Gasteiger partial charge in [-0.2, -0.15) is 26.3 Å². The van der Waals surface area contributed by atoms with E-state index in [9.17, 15) is 26.3 Å². The maximum Gasteiger partial charge on any atom is 0.403 e. The van der Waals surface area contributed by atoms with Gasteiger partial charge in [-0.05, 0) is 18.6 Å². The van der Waals surface area contributed by atoms with E-state index < -0.39 is 30.6 Å². The first-order valence-corrected chi connectivity index (χ1v) is 5.17. The van der Waals surface area contributed by atoms with Crippen LogP contribution in [0.2, 0.25) is 0 Å². The fourth-order valence-electron chi connectivity index (χ4n) is 1.70. The van der Waals surface area contributed by atoms with Crippen molar-refractivity contribution >= 4 is 0 Å². The molecule has 1 aromatic heterocycles. The Balaban J connectivity index is 3.21. The third-order valence-corrected chi connectivity index (χ3v) is 2.90. The Morgan fingerprint density at radius 1 is 1.00 bits per heavy atom. The summed E-state index contributed by atoms with van der Waals surface area (Å²) in [6.07, 6.45) is -11.8. The van der Waals surface area contributed by atoms with Crippen molar-refractivity contribution in [2.24, 2.45) is 5.41 Å². The summed E-state index contributed by atoms with van der Waals surface area (Å²) in [5, 5.41) is 0. The van der Waals surface area contributed by atoms with Crippen LogP contribution in [0.25, 0.3) is 0 Å². The molecule has 0 aliphatic rings. The van der Waals surface area contributed by atoms with Gasteiger partial charge in [0, 0.05) is 18.3 Å². The Kier molecular flexibility index (Phi) is 3.92. The Morgan fingerprint density at radius 2 is 1.56 bits per heavy atom. The Labute approximate surface area is 99.8 Å². The summed E-state index contributed by atoms with van der Waals surface area (Å²) in [5.74, 6) is 0. The highest BCUT2D eigenvalue weighted by Crippen LogP contribution is 2.54. The van der Waals surface area contributed by atoms with Crippen LogP contribution < -0.4 is 0 Å². The average molecular weight is 271 g/mol. The molecule has 18 heavy (non-hydrogen) atoms. The van der Waals surface area contributed by atoms with Crippen LogP contribution in [-0.2, 0) is 6.42 Å². The van der Waals surface area contributed by atoms with E-state index in [4.69, 9.17) is 0 Å². The first kappa shape index (κ1) is 14.8. The predicted octanol–water partition coefficient (Wildman–Crippen LogP) is 4.15. The molecule has 1 rings (SSSR count). The normalized spacial score (nSPS) is 13.7. The smallest absolute Gasteiger partial charge is 0.261 e. The highest BCUT2D eigenvalue weighted by atomic mass is 19.4. The molecule has 7 heteroatoms. The lowest BCUT2D eigenvalue weighted by Gasteiger charge is -2.36. The molecular weight excluding hydrogens is 260 g/mol. The standard InChI is InChI=1S/C11H11F6N/c1-2-9(10(12,13)14,11(15,16)17)7-8-5-3-4-6-18-8/h3-6H,2,7H2,1H3. The van der Waals surface area contributed by atoms with Crippen LogP contribution in [0.15, 0.2) is 24.4 Å². The lowest BCUT2D eigenvalue weighted by molar-refractivity contribution is -0.342. The van der Waals surface area contributed by atoms with E-state index in [1.54, 1.807) is 0 Å². The molecule has 0 N–H and O–H groups in total. The average Bonchev–Trinajstić information content (AvgIpc) is 2.23. The van der Waals surface area contributed by atoms with Crippen LogP contribution >= 0.6 is 0 Å². The van der Waals surface area contributed by atoms with Gasteiger partial charge in [-0.15, -0.1) is 0 Å². The van der Waals surface area contributed by atoms with Crippen LogP contribution in [0.5, 0.6) is 0 Å². The molecule has 0 fully saturated rings. The predicted molar refractivity (Wildman–Crippen MR) is 52.8 cm³/mol. The molecule has 102 valence electrons. The topological polar surface area (TPSA) is 12.9 Å². The zero-order chi connectivity index (χ0) is 14.0. The van der Waals surface area contributed by atoms with E-state index in [0.29, 0.717) is 0 Å². The van der Waals surface area contributed by atoms with Crippen molar-refractivity contribution in [3.8, 4) is 0 Å². The van der Waals surface area contributed by atoms with Crippen molar-refractivity contribution < 1.29 is 26.3 Å². The SMILES string of the molecule is CCC(Cc1ccccn1)(C(F)(F)F)C(F)(F)F. The lowest BCUT2D eigenvalue weighted by Crippen LogP contribution is -2.51. The summed E-state index contributed by atoms with van der Waals surface area (Å²) in [6, 6.07) is 3.94. The number of pyridine rings is 1. The first-order chi connectivity index (χ1) is 8.14. The number of hydrogen-bond donors (Lipinski definition) is 0. The molecule has 1 heterocycles. The third kappa shape index (κ3) is 2.59. The summed E-state index contributed by atoms with van der Waals surface area (Å²) < 4.78 is 76.9. The van der Waals surface area contributed by atoms with E-state index >= 15 is 0 Å². The molecular formula is C11H11F6N. The van der Waals surface area contributed by atoms with Gasteiger partial charge in [-0.3, -0.25) is 4.98 Å². The Bertz CT molecular complexity index is 367. The second-order valence-corrected chi connectivity index (χ2v) is 3.93. The van der Waals surface area contributed by atoms with Gasteiger partial charge in [0.15, 0.2) is 5.41 Å². The van der Waals surface area contributed by atoms with Crippen LogP contribution in [0.1, 0.15) is 19.0 Å². The Morgan fingerprint density at radius 3 is 1.89 bits per heavy atom. The van der Waals surface area contributed by atoms with E-state index in [0.717, 1.165) is 13.0 Å². The van der Waals surface area contributed by atoms with Gasteiger partial charge in [0.05, 0.1) is 0 Å². The molecule has 0 saturated carbocycles. The molecule has 0 amide bonds. The fourth-order valence-corrected chi connectivity index (χ4v) is 1.70. The minimum Gasteiger partial charge on any atom is -0.261 e. The summed E-state index contributed by atoms with van der Waals surface area (Å²) in [4.78, 5) is 3.54. The highest BCUT2D eigenvalue weighted by molar-refractivity contribution is 5.09. The summed E-state index contributed by atoms with van der Waals surface area (Å²) in [6.45, 7) is 0.879. The van der Waals surface area contributed by atoms with Gasteiger partial charge < -0.3 is 0 Å². The van der Waals surface area contributed by atoms with Crippen molar-refractivity contribution in [1.82, 2.24) is 4.98 Å². The van der Waals surface area contributed by atoms with Gasteiger partial charge >= 0.3 is 12.4 Å². The number of alkyl halides is 6. The van der Waals surface area contributed by atoms with Gasteiger partial charge in [-0.25, -0.2) is 0 Å². The molecule has 0 unspecified atom stereocenters. The fraction of sp³-hybridized carbons (Fsp3) is 0.545. The Hall–Kier alpha value is -1.27. The van der Waals surface area contributed by atoms with Crippen molar-refractivity contribution in [3.05, 3.63) is 30.1 Å². The van der Waals surface area contributed by atoms with Crippen molar-refractivity contribution in [2.45, 2.75) is 32.1 Å². The van der Waals surface area contributed by atoms with Crippen molar-refractivity contribution in [1.29, 1.82) is 0 Å². The maximum absolute atomic E-state index is 12.8. The quantitative estimate of drug-likeness (QED) is 0.753. The number of rotatable bonds is 3. The van der Waals surface area contributed by atoms with E-state index in [2.05, 4.69) is 4.98 Å². The molecule has 0 aliphatic carbocycles. The van der Waals surface area contributed by atoms with E-state index in [-0.39, 0.29) is 5.69 Å². The van der Waals surface area contributed by atoms with Crippen LogP contribution in [0.4, 0.5) is 26.3 Å². The number of nitrogens with zero attached hydrogens (tertiary/aromatic N) is 1. The second kappa shape index (κ2) is 4.78. The minimum absolute atomic E-state index is 0.228. The minimum atomic E-state index is -5.36. The van der Waals surface area contributed by atoms with Gasteiger partial charge in [-0.1, -0.05) is 13.0 Å². The van der Waals surface area contributed by atoms with Crippen molar-refractivity contribution in [3.63, 3.8) is 0 Å². The highest BCUT2D eigenvalue weighted by Gasteiger charge is 2.69. The molecule has 1 nitrogen and oxygen atoms in total. The molecule has 0 spiro atoms. The van der Waals surface area contributed by atoms with Crippen molar-refractivity contribution in [2.75, 3.05) is 0 Å². The largest absolute Gasteiger partial charge is 0.403 e. The zero-order valence-corrected chi connectivity index (χ0v) is 9.44. The molecule has 0 saturated heterocycles. The molecule has 0 bridgehead atoms. The lowest BCUT2D eigenvalue weighted by atomic mass is 9.79. The van der Waals surface area contributed by atoms with E-state index in [1.807, 2.05) is 0 Å². The van der Waals surface area contributed by atoms with Crippen LogP contribution in [-0.4, -0.2) is 17.3 Å². The molecule has 0 aliphatic heterocycles. The zero-order valence-electron chi connectivity index (χ0n) is 9.44. The molecule has 0 radical (unpaired) electrons. The molecule has 1 aromatic rings. The van der Waals surface area contributed by atoms with Gasteiger partial charge in [0.1, 0.15) is 0 Å². The number of hydrogen-bond acceptors (Lipinski definition) is 1. The summed E-state index contributed by atoms with van der Waals surface area (Å²) in [5.41, 5.74) is -3.97. The first-order valence-electron chi connectivity index (χ1n) is 5.17. The molecule has 0 aromatic carbocycles. The van der Waals surface area contributed by atoms with E-state index in [1.165, 1.54) is 18.3 Å². The summed E-state index contributed by atoms with van der Waals surface area (Å²) in [7, 11) is 0. The monoisotopic (exact) mass is 271 g/mol. The third-order valence-electron chi connectivity index (χ3n) is 2.90. The van der Waals surface area contributed by atoms with Gasteiger partial charge in [0.2, 0.25) is 0 Å². The number of aromatic nitrogens is 1. The van der Waals surface area contributed by atoms with Crippen LogP contribution in [0, 0.1) is 5.41 Å². The maximum atomic E-state index is 12.8. The molecule has 0 atom stereocenters. The second-order valence-electron chi connectivity index (χ2n) is 3.93. The van der Waals surface area contributed by atoms with Crippen LogP contribution in [0.3, 0.4) is 0 Å². The van der Waals surface area contributed by atoms with Gasteiger partial charge in [0.25, 0.3) is 0 Å². The number of halogens is 6. The summed E-state index contributed by atoms with van der Waals surface area (Å²) >= 11 is 0.